The minimum atomic E-state index is -3.47. The Morgan fingerprint density at radius 2 is 1.74 bits per heavy atom. The lowest BCUT2D eigenvalue weighted by Crippen LogP contribution is -2.38. The second kappa shape index (κ2) is 10.1. The van der Waals surface area contributed by atoms with Gasteiger partial charge >= 0.3 is 0 Å². The number of benzene rings is 2. The van der Waals surface area contributed by atoms with Gasteiger partial charge in [0.1, 0.15) is 5.75 Å². The Kier molecular flexibility index (Phi) is 7.82. The summed E-state index contributed by atoms with van der Waals surface area (Å²) in [6.45, 7) is 2.55. The fraction of sp³-hybridized carbons (Fsp3) is 0.350. The fourth-order valence-corrected chi connectivity index (χ4v) is 3.44. The summed E-state index contributed by atoms with van der Waals surface area (Å²) in [7, 11) is -3.47. The average molecular weight is 391 g/mol. The Bertz CT molecular complexity index is 821. The van der Waals surface area contributed by atoms with E-state index in [-0.39, 0.29) is 12.5 Å². The summed E-state index contributed by atoms with van der Waals surface area (Å²) < 4.78 is 30.6. The Hall–Kier alpha value is -2.38. The molecule has 0 bridgehead atoms. The highest BCUT2D eigenvalue weighted by molar-refractivity contribution is 7.88. The molecule has 0 radical (unpaired) electrons. The molecule has 7 heteroatoms. The van der Waals surface area contributed by atoms with Gasteiger partial charge in [0.05, 0.1) is 19.4 Å². The van der Waals surface area contributed by atoms with E-state index in [4.69, 9.17) is 4.74 Å². The molecule has 0 aromatic heterocycles. The van der Waals surface area contributed by atoms with Crippen LogP contribution in [0.2, 0.25) is 0 Å². The Morgan fingerprint density at radius 1 is 1.07 bits per heavy atom. The normalized spacial score (nSPS) is 11.4. The SMILES string of the molecule is CCOc1ccc(NC(=O)CN(CCCc2ccccc2)S(C)(=O)=O)cc1. The van der Waals surface area contributed by atoms with Crippen LogP contribution in [-0.4, -0.2) is 44.6 Å². The van der Waals surface area contributed by atoms with Gasteiger partial charge in [-0.15, -0.1) is 0 Å². The Balaban J connectivity index is 1.89. The van der Waals surface area contributed by atoms with E-state index >= 15 is 0 Å². The zero-order valence-electron chi connectivity index (χ0n) is 15.7. The standard InChI is InChI=1S/C20H26N2O4S/c1-3-26-19-13-11-18(12-14-19)21-20(23)16-22(27(2,24)25)15-7-10-17-8-5-4-6-9-17/h4-6,8-9,11-14H,3,7,10,15-16H2,1-2H3,(H,21,23). The van der Waals surface area contributed by atoms with Gasteiger partial charge in [-0.2, -0.15) is 4.31 Å². The summed E-state index contributed by atoms with van der Waals surface area (Å²) in [5, 5.41) is 2.72. The molecule has 0 aliphatic heterocycles. The Morgan fingerprint density at radius 3 is 2.33 bits per heavy atom. The van der Waals surface area contributed by atoms with Crippen molar-refractivity contribution in [1.82, 2.24) is 4.31 Å². The van der Waals surface area contributed by atoms with Gasteiger partial charge in [-0.3, -0.25) is 4.79 Å². The van der Waals surface area contributed by atoms with Gasteiger partial charge in [0, 0.05) is 12.2 Å². The minimum Gasteiger partial charge on any atom is -0.494 e. The first kappa shape index (κ1) is 20.9. The number of amides is 1. The molecule has 0 aliphatic carbocycles. The van der Waals surface area contributed by atoms with Crippen LogP contribution in [0.4, 0.5) is 5.69 Å². The third kappa shape index (κ3) is 7.40. The largest absolute Gasteiger partial charge is 0.494 e. The molecule has 0 spiro atoms. The van der Waals surface area contributed by atoms with E-state index in [0.29, 0.717) is 31.0 Å². The molecule has 2 aromatic carbocycles. The van der Waals surface area contributed by atoms with Crippen molar-refractivity contribution in [3.8, 4) is 5.75 Å². The maximum atomic E-state index is 12.3. The highest BCUT2D eigenvalue weighted by atomic mass is 32.2. The predicted octanol–water partition coefficient (Wildman–Crippen LogP) is 2.92. The van der Waals surface area contributed by atoms with Crippen LogP contribution in [0, 0.1) is 0 Å². The molecule has 6 nitrogen and oxygen atoms in total. The number of hydrogen-bond acceptors (Lipinski definition) is 4. The molecular weight excluding hydrogens is 364 g/mol. The molecule has 0 saturated carbocycles. The molecule has 0 unspecified atom stereocenters. The number of aryl methyl sites for hydroxylation is 1. The van der Waals surface area contributed by atoms with Crippen molar-refractivity contribution in [2.45, 2.75) is 19.8 Å². The molecule has 0 fully saturated rings. The van der Waals surface area contributed by atoms with E-state index < -0.39 is 10.0 Å². The number of nitrogens with zero attached hydrogens (tertiary/aromatic N) is 1. The van der Waals surface area contributed by atoms with Crippen molar-refractivity contribution < 1.29 is 17.9 Å². The van der Waals surface area contributed by atoms with Crippen molar-refractivity contribution in [1.29, 1.82) is 0 Å². The highest BCUT2D eigenvalue weighted by Gasteiger charge is 2.19. The van der Waals surface area contributed by atoms with Crippen molar-refractivity contribution in [2.24, 2.45) is 0 Å². The fourth-order valence-electron chi connectivity index (χ4n) is 2.63. The summed E-state index contributed by atoms with van der Waals surface area (Å²) >= 11 is 0. The van der Waals surface area contributed by atoms with E-state index in [0.717, 1.165) is 18.2 Å². The van der Waals surface area contributed by atoms with Gasteiger partial charge in [-0.1, -0.05) is 30.3 Å². The molecule has 1 N–H and O–H groups in total. The molecule has 0 aliphatic rings. The first-order chi connectivity index (χ1) is 12.9. The summed E-state index contributed by atoms with van der Waals surface area (Å²) in [6, 6.07) is 16.8. The highest BCUT2D eigenvalue weighted by Crippen LogP contribution is 2.15. The molecular formula is C20H26N2O4S. The Labute approximate surface area is 161 Å². The number of carbonyl (C=O) groups excluding carboxylic acids is 1. The van der Waals surface area contributed by atoms with E-state index in [1.807, 2.05) is 37.3 Å². The van der Waals surface area contributed by atoms with Crippen LogP contribution < -0.4 is 10.1 Å². The van der Waals surface area contributed by atoms with Crippen LogP contribution in [0.1, 0.15) is 18.9 Å². The number of rotatable bonds is 10. The molecule has 0 atom stereocenters. The number of sulfonamides is 1. The van der Waals surface area contributed by atoms with Crippen LogP contribution in [0.3, 0.4) is 0 Å². The van der Waals surface area contributed by atoms with Crippen molar-refractivity contribution in [2.75, 3.05) is 31.3 Å². The molecule has 0 saturated heterocycles. The zero-order chi connectivity index (χ0) is 19.7. The summed E-state index contributed by atoms with van der Waals surface area (Å²) in [4.78, 5) is 12.3. The number of ether oxygens (including phenoxy) is 1. The number of anilines is 1. The summed E-state index contributed by atoms with van der Waals surface area (Å²) in [5.74, 6) is 0.346. The first-order valence-electron chi connectivity index (χ1n) is 8.90. The molecule has 1 amide bonds. The van der Waals surface area contributed by atoms with Gasteiger partial charge in [0.15, 0.2) is 0 Å². The van der Waals surface area contributed by atoms with Gasteiger partial charge in [0.2, 0.25) is 15.9 Å². The maximum Gasteiger partial charge on any atom is 0.239 e. The smallest absolute Gasteiger partial charge is 0.239 e. The van der Waals surface area contributed by atoms with Crippen molar-refractivity contribution >= 4 is 21.6 Å². The van der Waals surface area contributed by atoms with Crippen LogP contribution in [0.25, 0.3) is 0 Å². The molecule has 146 valence electrons. The summed E-state index contributed by atoms with van der Waals surface area (Å²) in [5.41, 5.74) is 1.74. The topological polar surface area (TPSA) is 75.7 Å². The first-order valence-corrected chi connectivity index (χ1v) is 10.7. The van der Waals surface area contributed by atoms with Crippen LogP contribution >= 0.6 is 0 Å². The van der Waals surface area contributed by atoms with Gasteiger partial charge in [-0.25, -0.2) is 8.42 Å². The molecule has 2 aromatic rings. The molecule has 27 heavy (non-hydrogen) atoms. The quantitative estimate of drug-likeness (QED) is 0.677. The van der Waals surface area contributed by atoms with E-state index in [2.05, 4.69) is 5.32 Å². The number of hydrogen-bond donors (Lipinski definition) is 1. The monoisotopic (exact) mass is 390 g/mol. The zero-order valence-corrected chi connectivity index (χ0v) is 16.5. The second-order valence-electron chi connectivity index (χ2n) is 6.19. The lowest BCUT2D eigenvalue weighted by atomic mass is 10.1. The third-order valence-electron chi connectivity index (χ3n) is 3.95. The molecule has 0 heterocycles. The number of carbonyl (C=O) groups is 1. The van der Waals surface area contributed by atoms with Crippen LogP contribution in [0.5, 0.6) is 5.75 Å². The van der Waals surface area contributed by atoms with Crippen LogP contribution in [0.15, 0.2) is 54.6 Å². The van der Waals surface area contributed by atoms with Gasteiger partial charge < -0.3 is 10.1 Å². The minimum absolute atomic E-state index is 0.208. The van der Waals surface area contributed by atoms with Gasteiger partial charge in [-0.05, 0) is 49.6 Å². The van der Waals surface area contributed by atoms with Crippen molar-refractivity contribution in [3.05, 3.63) is 60.2 Å². The van der Waals surface area contributed by atoms with Crippen LogP contribution in [-0.2, 0) is 21.2 Å². The predicted molar refractivity (Wildman–Crippen MR) is 107 cm³/mol. The van der Waals surface area contributed by atoms with Crippen molar-refractivity contribution in [3.63, 3.8) is 0 Å². The number of nitrogens with one attached hydrogen (secondary N) is 1. The lowest BCUT2D eigenvalue weighted by molar-refractivity contribution is -0.116. The van der Waals surface area contributed by atoms with Gasteiger partial charge in [0.25, 0.3) is 0 Å². The lowest BCUT2D eigenvalue weighted by Gasteiger charge is -2.19. The average Bonchev–Trinajstić information content (AvgIpc) is 2.63. The summed E-state index contributed by atoms with van der Waals surface area (Å²) in [6.07, 6.45) is 2.53. The molecule has 2 rings (SSSR count). The second-order valence-corrected chi connectivity index (χ2v) is 8.17. The maximum absolute atomic E-state index is 12.3. The van der Waals surface area contributed by atoms with E-state index in [1.54, 1.807) is 24.3 Å². The van der Waals surface area contributed by atoms with E-state index in [9.17, 15) is 13.2 Å². The third-order valence-corrected chi connectivity index (χ3v) is 5.20. The van der Waals surface area contributed by atoms with E-state index in [1.165, 1.54) is 4.31 Å².